The van der Waals surface area contributed by atoms with Crippen molar-refractivity contribution in [3.05, 3.63) is 16.1 Å². The molecule has 0 radical (unpaired) electrons. The maximum atomic E-state index is 11.8. The van der Waals surface area contributed by atoms with Gasteiger partial charge >= 0.3 is 0 Å². The molecule has 1 aromatic heterocycles. The van der Waals surface area contributed by atoms with E-state index in [0.29, 0.717) is 13.0 Å². The summed E-state index contributed by atoms with van der Waals surface area (Å²) in [6.45, 7) is 6.00. The van der Waals surface area contributed by atoms with Crippen LogP contribution in [0.25, 0.3) is 0 Å². The van der Waals surface area contributed by atoms with Crippen LogP contribution < -0.4 is 0 Å². The predicted molar refractivity (Wildman–Crippen MR) is 64.5 cm³/mol. The number of nitrogens with zero attached hydrogens (tertiary/aromatic N) is 2. The Morgan fingerprint density at radius 3 is 2.75 bits per heavy atom. The minimum absolute atomic E-state index is 0.138. The molecule has 0 bridgehead atoms. The van der Waals surface area contributed by atoms with Crippen molar-refractivity contribution < 1.29 is 9.53 Å². The highest BCUT2D eigenvalue weighted by atomic mass is 32.1. The maximum absolute atomic E-state index is 11.8. The number of amides is 1. The van der Waals surface area contributed by atoms with Gasteiger partial charge in [0.25, 0.3) is 0 Å². The summed E-state index contributed by atoms with van der Waals surface area (Å²) in [5.74, 6) is 0.138. The molecular weight excluding hydrogens is 224 g/mol. The summed E-state index contributed by atoms with van der Waals surface area (Å²) >= 11 is 1.54. The van der Waals surface area contributed by atoms with Crippen molar-refractivity contribution in [3.63, 3.8) is 0 Å². The molecule has 5 heteroatoms. The van der Waals surface area contributed by atoms with E-state index in [1.807, 2.05) is 24.1 Å². The highest BCUT2D eigenvalue weighted by molar-refractivity contribution is 7.09. The smallest absolute Gasteiger partial charge is 0.228 e. The highest BCUT2D eigenvalue weighted by Gasteiger charge is 2.12. The largest absolute Gasteiger partial charge is 0.378 e. The summed E-state index contributed by atoms with van der Waals surface area (Å²) in [5.41, 5.74) is 0.842. The summed E-state index contributed by atoms with van der Waals surface area (Å²) in [6.07, 6.45) is 0.391. The second-order valence-electron chi connectivity index (χ2n) is 3.41. The van der Waals surface area contributed by atoms with Crippen molar-refractivity contribution in [2.75, 3.05) is 20.2 Å². The molecule has 0 N–H and O–H groups in total. The van der Waals surface area contributed by atoms with E-state index in [4.69, 9.17) is 4.74 Å². The molecule has 0 aliphatic carbocycles. The molecule has 16 heavy (non-hydrogen) atoms. The van der Waals surface area contributed by atoms with E-state index in [1.165, 1.54) is 11.3 Å². The van der Waals surface area contributed by atoms with E-state index in [1.54, 1.807) is 7.11 Å². The van der Waals surface area contributed by atoms with Gasteiger partial charge in [0.1, 0.15) is 5.01 Å². The predicted octanol–water partition coefficient (Wildman–Crippen LogP) is 1.70. The van der Waals surface area contributed by atoms with E-state index in [9.17, 15) is 4.79 Å². The molecular formula is C11H18N2O2S. The maximum Gasteiger partial charge on any atom is 0.228 e. The molecule has 1 rings (SSSR count). The van der Waals surface area contributed by atoms with Crippen LogP contribution in [0.5, 0.6) is 0 Å². The minimum atomic E-state index is 0.138. The Morgan fingerprint density at radius 2 is 2.19 bits per heavy atom. The Labute approximate surface area is 100 Å². The fourth-order valence-electron chi connectivity index (χ4n) is 1.46. The van der Waals surface area contributed by atoms with Crippen molar-refractivity contribution >= 4 is 17.2 Å². The molecule has 1 heterocycles. The molecule has 0 fully saturated rings. The van der Waals surface area contributed by atoms with E-state index in [2.05, 4.69) is 4.98 Å². The van der Waals surface area contributed by atoms with Gasteiger partial charge in [-0.1, -0.05) is 0 Å². The molecule has 4 nitrogen and oxygen atoms in total. The Balaban J connectivity index is 2.55. The van der Waals surface area contributed by atoms with Crippen LogP contribution >= 0.6 is 11.3 Å². The molecule has 0 unspecified atom stereocenters. The summed E-state index contributed by atoms with van der Waals surface area (Å²) in [5, 5.41) is 2.85. The van der Waals surface area contributed by atoms with E-state index in [0.717, 1.165) is 23.8 Å². The number of thiazole rings is 1. The second-order valence-corrected chi connectivity index (χ2v) is 4.35. The Bertz CT molecular complexity index is 334. The first-order valence-corrected chi connectivity index (χ1v) is 6.29. The molecule has 90 valence electrons. The third-order valence-electron chi connectivity index (χ3n) is 2.32. The average molecular weight is 242 g/mol. The first-order valence-electron chi connectivity index (χ1n) is 5.41. The van der Waals surface area contributed by atoms with Gasteiger partial charge in [0.2, 0.25) is 5.91 Å². The van der Waals surface area contributed by atoms with Crippen molar-refractivity contribution in [3.8, 4) is 0 Å². The standard InChI is InChI=1S/C11H18N2O2S/c1-4-13(5-2)11(14)6-9-8-16-10(12-9)7-15-3/h8H,4-7H2,1-3H3. The molecule has 1 amide bonds. The number of hydrogen-bond acceptors (Lipinski definition) is 4. The Hall–Kier alpha value is -0.940. The van der Waals surface area contributed by atoms with E-state index < -0.39 is 0 Å². The fourth-order valence-corrected chi connectivity index (χ4v) is 2.23. The number of carbonyl (C=O) groups excluding carboxylic acids is 1. The quantitative estimate of drug-likeness (QED) is 0.762. The third-order valence-corrected chi connectivity index (χ3v) is 3.19. The van der Waals surface area contributed by atoms with Gasteiger partial charge in [-0.25, -0.2) is 4.98 Å². The van der Waals surface area contributed by atoms with Crippen LogP contribution in [0.15, 0.2) is 5.38 Å². The lowest BCUT2D eigenvalue weighted by Gasteiger charge is -2.17. The monoisotopic (exact) mass is 242 g/mol. The summed E-state index contributed by atoms with van der Waals surface area (Å²) < 4.78 is 4.99. The molecule has 0 saturated carbocycles. The van der Waals surface area contributed by atoms with Crippen molar-refractivity contribution in [2.24, 2.45) is 0 Å². The van der Waals surface area contributed by atoms with Crippen LogP contribution in [0, 0.1) is 0 Å². The van der Waals surface area contributed by atoms with Gasteiger partial charge in [0.05, 0.1) is 18.7 Å². The number of likely N-dealkylation sites (N-methyl/N-ethyl adjacent to an activating group) is 1. The fraction of sp³-hybridized carbons (Fsp3) is 0.636. The lowest BCUT2D eigenvalue weighted by molar-refractivity contribution is -0.130. The minimum Gasteiger partial charge on any atom is -0.378 e. The molecule has 0 aliphatic heterocycles. The lowest BCUT2D eigenvalue weighted by atomic mass is 10.3. The molecule has 0 aliphatic rings. The third kappa shape index (κ3) is 3.57. The first-order chi connectivity index (χ1) is 7.71. The second kappa shape index (κ2) is 6.60. The molecule has 0 atom stereocenters. The Kier molecular flexibility index (Phi) is 5.42. The van der Waals surface area contributed by atoms with Gasteiger partial charge in [-0.05, 0) is 13.8 Å². The number of rotatable bonds is 6. The Morgan fingerprint density at radius 1 is 1.50 bits per heavy atom. The van der Waals surface area contributed by atoms with Crippen LogP contribution in [0.2, 0.25) is 0 Å². The molecule has 0 saturated heterocycles. The molecule has 0 aromatic carbocycles. The normalized spacial score (nSPS) is 10.4. The van der Waals surface area contributed by atoms with Crippen LogP contribution in [0.3, 0.4) is 0 Å². The van der Waals surface area contributed by atoms with Crippen molar-refractivity contribution in [1.82, 2.24) is 9.88 Å². The first kappa shape index (κ1) is 13.1. The van der Waals surface area contributed by atoms with Gasteiger partial charge in [0, 0.05) is 25.6 Å². The van der Waals surface area contributed by atoms with Crippen LogP contribution in [0.4, 0.5) is 0 Å². The van der Waals surface area contributed by atoms with E-state index >= 15 is 0 Å². The number of carbonyl (C=O) groups is 1. The summed E-state index contributed by atoms with van der Waals surface area (Å²) in [6, 6.07) is 0. The zero-order valence-corrected chi connectivity index (χ0v) is 10.8. The number of methoxy groups -OCH3 is 1. The number of ether oxygens (including phenoxy) is 1. The zero-order valence-electron chi connectivity index (χ0n) is 10.0. The van der Waals surface area contributed by atoms with Gasteiger partial charge in [-0.3, -0.25) is 4.79 Å². The topological polar surface area (TPSA) is 42.4 Å². The number of hydrogen-bond donors (Lipinski definition) is 0. The zero-order chi connectivity index (χ0) is 12.0. The van der Waals surface area contributed by atoms with Crippen LogP contribution in [-0.2, 0) is 22.6 Å². The van der Waals surface area contributed by atoms with Gasteiger partial charge in [-0.2, -0.15) is 0 Å². The van der Waals surface area contributed by atoms with Gasteiger partial charge in [0.15, 0.2) is 0 Å². The summed E-state index contributed by atoms with van der Waals surface area (Å²) in [4.78, 5) is 18.0. The molecule has 1 aromatic rings. The van der Waals surface area contributed by atoms with Gasteiger partial charge < -0.3 is 9.64 Å². The number of aromatic nitrogens is 1. The molecule has 0 spiro atoms. The van der Waals surface area contributed by atoms with Crippen molar-refractivity contribution in [1.29, 1.82) is 0 Å². The highest BCUT2D eigenvalue weighted by Crippen LogP contribution is 2.11. The van der Waals surface area contributed by atoms with Crippen LogP contribution in [0.1, 0.15) is 24.5 Å². The SMILES string of the molecule is CCN(CC)C(=O)Cc1csc(COC)n1. The average Bonchev–Trinajstić information content (AvgIpc) is 2.68. The van der Waals surface area contributed by atoms with Crippen LogP contribution in [-0.4, -0.2) is 36.0 Å². The van der Waals surface area contributed by atoms with Gasteiger partial charge in [-0.15, -0.1) is 11.3 Å². The lowest BCUT2D eigenvalue weighted by Crippen LogP contribution is -2.31. The van der Waals surface area contributed by atoms with E-state index in [-0.39, 0.29) is 5.91 Å². The summed E-state index contributed by atoms with van der Waals surface area (Å²) in [7, 11) is 1.64. The van der Waals surface area contributed by atoms with Crippen molar-refractivity contribution in [2.45, 2.75) is 26.9 Å².